The summed E-state index contributed by atoms with van der Waals surface area (Å²) in [5, 5.41) is 13.1. The van der Waals surface area contributed by atoms with Gasteiger partial charge in [-0.25, -0.2) is 8.42 Å². The molecule has 0 aliphatic carbocycles. The maximum atomic E-state index is 13.0. The van der Waals surface area contributed by atoms with E-state index in [0.717, 1.165) is 32.9 Å². The number of benzene rings is 1. The predicted molar refractivity (Wildman–Crippen MR) is 120 cm³/mol. The molecule has 12 heteroatoms. The number of hydrogen-bond donors (Lipinski definition) is 1. The fourth-order valence-corrected chi connectivity index (χ4v) is 7.49. The second-order valence-electron chi connectivity index (χ2n) is 6.44. The number of nitrogens with one attached hydrogen (secondary N) is 1. The Morgan fingerprint density at radius 1 is 1.17 bits per heavy atom. The van der Waals surface area contributed by atoms with E-state index in [1.165, 1.54) is 22.1 Å². The Labute approximate surface area is 187 Å². The molecule has 0 spiro atoms. The average molecular weight is 482 g/mol. The number of rotatable bonds is 6. The topological polar surface area (TPSA) is 97.2 Å². The first-order chi connectivity index (χ1) is 14.4. The number of amides is 1. The van der Waals surface area contributed by atoms with Gasteiger partial charge in [-0.2, -0.15) is 16.1 Å². The van der Waals surface area contributed by atoms with Crippen molar-refractivity contribution in [3.63, 3.8) is 0 Å². The maximum Gasteiger partial charge on any atom is 0.267 e. The molecular weight excluding hydrogens is 462 g/mol. The highest BCUT2D eigenvalue weighted by molar-refractivity contribution is 7.99. The largest absolute Gasteiger partial charge is 0.321 e. The van der Waals surface area contributed by atoms with Gasteiger partial charge in [-0.15, -0.1) is 21.5 Å². The number of carbonyl (C=O) groups excluding carboxylic acids is 1. The maximum absolute atomic E-state index is 13.0. The Kier molecular flexibility index (Phi) is 6.48. The van der Waals surface area contributed by atoms with Crippen molar-refractivity contribution in [1.29, 1.82) is 0 Å². The van der Waals surface area contributed by atoms with E-state index >= 15 is 0 Å². The Morgan fingerprint density at radius 3 is 2.57 bits per heavy atom. The Bertz CT molecular complexity index is 1130. The first kappa shape index (κ1) is 21.4. The van der Waals surface area contributed by atoms with Gasteiger partial charge in [0.2, 0.25) is 10.0 Å². The lowest BCUT2D eigenvalue weighted by Crippen LogP contribution is -2.38. The molecule has 30 heavy (non-hydrogen) atoms. The van der Waals surface area contributed by atoms with Crippen molar-refractivity contribution in [1.82, 2.24) is 19.1 Å². The molecule has 1 aromatic carbocycles. The minimum atomic E-state index is -3.68. The number of thiophene rings is 1. The van der Waals surface area contributed by atoms with Gasteiger partial charge in [0.05, 0.1) is 0 Å². The standard InChI is InChI=1S/C18H19N5O3S4/c1-22-12-19-21-18(22)29-14-4-2-13(3-5-14)20-17(24)16-15(6-9-28-16)30(25,26)23-7-10-27-11-8-23/h2-6,9,12H,7-8,10-11H2,1H3,(H,20,24). The molecule has 158 valence electrons. The number of hydrogen-bond acceptors (Lipinski definition) is 8. The number of sulfonamides is 1. The average Bonchev–Trinajstić information content (AvgIpc) is 3.40. The van der Waals surface area contributed by atoms with Crippen molar-refractivity contribution in [2.45, 2.75) is 14.9 Å². The third kappa shape index (κ3) is 4.57. The van der Waals surface area contributed by atoms with Crippen LogP contribution >= 0.6 is 34.9 Å². The van der Waals surface area contributed by atoms with Crippen molar-refractivity contribution in [3.8, 4) is 0 Å². The van der Waals surface area contributed by atoms with Crippen molar-refractivity contribution in [3.05, 3.63) is 46.9 Å². The zero-order chi connectivity index (χ0) is 21.1. The Hall–Kier alpha value is -1.86. The summed E-state index contributed by atoms with van der Waals surface area (Å²) in [6.45, 7) is 0.934. The SMILES string of the molecule is Cn1cnnc1Sc1ccc(NC(=O)c2sccc2S(=O)(=O)N2CCSCC2)cc1. The van der Waals surface area contributed by atoms with E-state index in [-0.39, 0.29) is 9.77 Å². The second kappa shape index (κ2) is 9.10. The van der Waals surface area contributed by atoms with Crippen LogP contribution in [0.4, 0.5) is 5.69 Å². The van der Waals surface area contributed by atoms with Crippen LogP contribution in [0.1, 0.15) is 9.67 Å². The molecule has 3 heterocycles. The van der Waals surface area contributed by atoms with Gasteiger partial charge in [-0.05, 0) is 47.5 Å². The van der Waals surface area contributed by atoms with Crippen molar-refractivity contribution < 1.29 is 13.2 Å². The lowest BCUT2D eigenvalue weighted by molar-refractivity contribution is 0.102. The first-order valence-electron chi connectivity index (χ1n) is 9.04. The minimum absolute atomic E-state index is 0.0753. The van der Waals surface area contributed by atoms with Crippen LogP contribution in [0.2, 0.25) is 0 Å². The second-order valence-corrected chi connectivity index (χ2v) is 11.5. The van der Waals surface area contributed by atoms with E-state index in [0.29, 0.717) is 18.8 Å². The molecular formula is C18H19N5O3S4. The molecule has 1 N–H and O–H groups in total. The van der Waals surface area contributed by atoms with Gasteiger partial charge < -0.3 is 9.88 Å². The van der Waals surface area contributed by atoms with Crippen molar-refractivity contribution in [2.24, 2.45) is 7.05 Å². The van der Waals surface area contributed by atoms with Gasteiger partial charge in [0, 0.05) is 42.2 Å². The fourth-order valence-electron chi connectivity index (χ4n) is 2.86. The van der Waals surface area contributed by atoms with E-state index in [2.05, 4.69) is 15.5 Å². The van der Waals surface area contributed by atoms with Gasteiger partial charge in [0.1, 0.15) is 16.1 Å². The first-order valence-corrected chi connectivity index (χ1v) is 13.3. The molecule has 8 nitrogen and oxygen atoms in total. The molecule has 0 saturated carbocycles. The van der Waals surface area contributed by atoms with Crippen molar-refractivity contribution >= 4 is 56.5 Å². The van der Waals surface area contributed by atoms with Crippen molar-refractivity contribution in [2.75, 3.05) is 29.9 Å². The lowest BCUT2D eigenvalue weighted by Gasteiger charge is -2.25. The summed E-state index contributed by atoms with van der Waals surface area (Å²) < 4.78 is 29.2. The van der Waals surface area contributed by atoms with Gasteiger partial charge in [0.15, 0.2) is 5.16 Å². The summed E-state index contributed by atoms with van der Waals surface area (Å²) in [6.07, 6.45) is 1.63. The van der Waals surface area contributed by atoms with Gasteiger partial charge in [-0.3, -0.25) is 4.79 Å². The van der Waals surface area contributed by atoms with Gasteiger partial charge in [-0.1, -0.05) is 0 Å². The molecule has 2 aromatic heterocycles. The molecule has 1 saturated heterocycles. The molecule has 1 aliphatic heterocycles. The number of thioether (sulfide) groups is 1. The quantitative estimate of drug-likeness (QED) is 0.578. The molecule has 1 aliphatic rings. The van der Waals surface area contributed by atoms with E-state index in [9.17, 15) is 13.2 Å². The van der Waals surface area contributed by atoms with E-state index in [4.69, 9.17) is 0 Å². The Balaban J connectivity index is 1.47. The van der Waals surface area contributed by atoms with Crippen LogP contribution in [0, 0.1) is 0 Å². The van der Waals surface area contributed by atoms with E-state index in [1.807, 2.05) is 23.7 Å². The minimum Gasteiger partial charge on any atom is -0.321 e. The number of nitrogens with zero attached hydrogens (tertiary/aromatic N) is 4. The van der Waals surface area contributed by atoms with Crippen LogP contribution in [0.5, 0.6) is 0 Å². The lowest BCUT2D eigenvalue weighted by atomic mass is 10.3. The number of aryl methyl sites for hydroxylation is 1. The zero-order valence-corrected chi connectivity index (χ0v) is 19.3. The van der Waals surface area contributed by atoms with E-state index < -0.39 is 15.9 Å². The van der Waals surface area contributed by atoms with Gasteiger partial charge in [0.25, 0.3) is 5.91 Å². The molecule has 4 rings (SSSR count). The normalized spacial score (nSPS) is 15.2. The van der Waals surface area contributed by atoms with Crippen LogP contribution in [-0.4, -0.2) is 58.0 Å². The van der Waals surface area contributed by atoms with Crippen LogP contribution in [0.15, 0.2) is 57.0 Å². The molecule has 1 fully saturated rings. The van der Waals surface area contributed by atoms with E-state index in [1.54, 1.807) is 35.6 Å². The smallest absolute Gasteiger partial charge is 0.267 e. The number of carbonyl (C=O) groups is 1. The molecule has 3 aromatic rings. The highest BCUT2D eigenvalue weighted by Gasteiger charge is 2.31. The summed E-state index contributed by atoms with van der Waals surface area (Å²) in [5.41, 5.74) is 0.591. The summed E-state index contributed by atoms with van der Waals surface area (Å²) in [7, 11) is -1.81. The Morgan fingerprint density at radius 2 is 1.90 bits per heavy atom. The van der Waals surface area contributed by atoms with Gasteiger partial charge >= 0.3 is 0 Å². The van der Waals surface area contributed by atoms with Crippen LogP contribution in [0.25, 0.3) is 0 Å². The van der Waals surface area contributed by atoms with Crippen LogP contribution in [0.3, 0.4) is 0 Å². The third-order valence-corrected chi connectivity index (χ3v) is 9.40. The zero-order valence-electron chi connectivity index (χ0n) is 16.0. The van der Waals surface area contributed by atoms with Crippen LogP contribution < -0.4 is 5.32 Å². The summed E-state index contributed by atoms with van der Waals surface area (Å²) in [6, 6.07) is 8.80. The third-order valence-electron chi connectivity index (χ3n) is 4.41. The summed E-state index contributed by atoms with van der Waals surface area (Å²) >= 11 is 4.32. The summed E-state index contributed by atoms with van der Waals surface area (Å²) in [5.74, 6) is 1.11. The predicted octanol–water partition coefficient (Wildman–Crippen LogP) is 3.02. The molecule has 0 bridgehead atoms. The number of aromatic nitrogens is 3. The highest BCUT2D eigenvalue weighted by atomic mass is 32.2. The number of anilines is 1. The molecule has 0 radical (unpaired) electrons. The molecule has 0 atom stereocenters. The highest BCUT2D eigenvalue weighted by Crippen LogP contribution is 2.29. The summed E-state index contributed by atoms with van der Waals surface area (Å²) in [4.78, 5) is 14.0. The van der Waals surface area contributed by atoms with Crippen LogP contribution in [-0.2, 0) is 17.1 Å². The monoisotopic (exact) mass is 481 g/mol. The molecule has 1 amide bonds. The molecule has 0 unspecified atom stereocenters. The fraction of sp³-hybridized carbons (Fsp3) is 0.278.